The Bertz CT molecular complexity index is 321. The maximum Gasteiger partial charge on any atom is 0.223 e. The lowest BCUT2D eigenvalue weighted by Gasteiger charge is -2.25. The van der Waals surface area contributed by atoms with E-state index in [9.17, 15) is 9.59 Å². The molecular formula is C13H24ClN3O2. The van der Waals surface area contributed by atoms with Crippen LogP contribution in [0, 0.1) is 11.8 Å². The second-order valence-electron chi connectivity index (χ2n) is 5.48. The minimum absolute atomic E-state index is 0. The van der Waals surface area contributed by atoms with Crippen molar-refractivity contribution in [1.29, 1.82) is 0 Å². The van der Waals surface area contributed by atoms with Crippen molar-refractivity contribution in [2.45, 2.75) is 44.6 Å². The maximum atomic E-state index is 11.9. The van der Waals surface area contributed by atoms with E-state index in [1.54, 1.807) is 0 Å². The molecule has 0 heterocycles. The first-order chi connectivity index (χ1) is 8.66. The average molecular weight is 290 g/mol. The van der Waals surface area contributed by atoms with E-state index in [-0.39, 0.29) is 42.1 Å². The highest BCUT2D eigenvalue weighted by Crippen LogP contribution is 2.28. The van der Waals surface area contributed by atoms with Crippen molar-refractivity contribution >= 4 is 24.2 Å². The van der Waals surface area contributed by atoms with Crippen LogP contribution in [-0.4, -0.2) is 30.9 Å². The Hall–Kier alpha value is -0.810. The van der Waals surface area contributed by atoms with Gasteiger partial charge in [0, 0.05) is 31.0 Å². The van der Waals surface area contributed by atoms with Crippen molar-refractivity contribution in [2.75, 3.05) is 13.1 Å². The van der Waals surface area contributed by atoms with Crippen LogP contribution < -0.4 is 16.4 Å². The van der Waals surface area contributed by atoms with E-state index in [0.29, 0.717) is 13.1 Å². The van der Waals surface area contributed by atoms with Crippen molar-refractivity contribution < 1.29 is 9.59 Å². The fraction of sp³-hybridized carbons (Fsp3) is 0.846. The third-order valence-electron chi connectivity index (χ3n) is 3.76. The van der Waals surface area contributed by atoms with Crippen LogP contribution in [0.1, 0.15) is 38.5 Å². The molecule has 0 aromatic carbocycles. The molecule has 6 heteroatoms. The fourth-order valence-corrected chi connectivity index (χ4v) is 2.47. The van der Waals surface area contributed by atoms with Gasteiger partial charge < -0.3 is 16.4 Å². The number of halogens is 1. The summed E-state index contributed by atoms with van der Waals surface area (Å²) in [5.74, 6) is 0.514. The Morgan fingerprint density at radius 3 is 2.05 bits per heavy atom. The first-order valence-electron chi connectivity index (χ1n) is 6.98. The Labute approximate surface area is 120 Å². The lowest BCUT2D eigenvalue weighted by molar-refractivity contribution is -0.126. The van der Waals surface area contributed by atoms with Crippen molar-refractivity contribution in [3.8, 4) is 0 Å². The molecule has 0 aliphatic heterocycles. The van der Waals surface area contributed by atoms with E-state index in [2.05, 4.69) is 10.6 Å². The Morgan fingerprint density at radius 2 is 1.53 bits per heavy atom. The molecule has 0 spiro atoms. The first kappa shape index (κ1) is 16.2. The summed E-state index contributed by atoms with van der Waals surface area (Å²) in [4.78, 5) is 23.2. The minimum Gasteiger partial charge on any atom is -0.354 e. The smallest absolute Gasteiger partial charge is 0.223 e. The minimum atomic E-state index is 0. The molecule has 2 atom stereocenters. The summed E-state index contributed by atoms with van der Waals surface area (Å²) in [6.45, 7) is 1.04. The quantitative estimate of drug-likeness (QED) is 0.647. The van der Waals surface area contributed by atoms with E-state index >= 15 is 0 Å². The summed E-state index contributed by atoms with van der Waals surface area (Å²) >= 11 is 0. The fourth-order valence-electron chi connectivity index (χ4n) is 2.47. The molecule has 0 saturated heterocycles. The second kappa shape index (κ2) is 7.70. The zero-order chi connectivity index (χ0) is 13.0. The highest BCUT2D eigenvalue weighted by atomic mass is 35.5. The largest absolute Gasteiger partial charge is 0.354 e. The molecular weight excluding hydrogens is 266 g/mol. The van der Waals surface area contributed by atoms with Crippen LogP contribution in [0.5, 0.6) is 0 Å². The van der Waals surface area contributed by atoms with Crippen LogP contribution in [0.25, 0.3) is 0 Å². The molecule has 0 aromatic rings. The third kappa shape index (κ3) is 5.37. The predicted octanol–water partition coefficient (Wildman–Crippen LogP) is 0.568. The van der Waals surface area contributed by atoms with E-state index in [4.69, 9.17) is 5.73 Å². The molecule has 4 N–H and O–H groups in total. The predicted molar refractivity (Wildman–Crippen MR) is 75.9 cm³/mol. The average Bonchev–Trinajstić information content (AvgIpc) is 3.18. The summed E-state index contributed by atoms with van der Waals surface area (Å²) in [6, 6.07) is 0.170. The zero-order valence-corrected chi connectivity index (χ0v) is 12.0. The standard InChI is InChI=1S/C13H23N3O2.ClH/c14-11-3-1-2-10(8-11)13(18)16-7-6-15-12(17)9-4-5-9;/h9-11H,1-8,14H2,(H,15,17)(H,16,18);1H. The number of carbonyl (C=O) groups is 2. The van der Waals surface area contributed by atoms with Gasteiger partial charge in [0.25, 0.3) is 0 Å². The first-order valence-corrected chi connectivity index (χ1v) is 6.98. The van der Waals surface area contributed by atoms with E-state index < -0.39 is 0 Å². The SMILES string of the molecule is Cl.NC1CCCC(C(=O)NCCNC(=O)C2CC2)C1. The van der Waals surface area contributed by atoms with Gasteiger partial charge in [-0.25, -0.2) is 0 Å². The Kier molecular flexibility index (Phi) is 6.58. The molecule has 110 valence electrons. The molecule has 2 aliphatic rings. The summed E-state index contributed by atoms with van der Waals surface area (Å²) < 4.78 is 0. The van der Waals surface area contributed by atoms with Crippen LogP contribution in [0.3, 0.4) is 0 Å². The van der Waals surface area contributed by atoms with Gasteiger partial charge in [-0.05, 0) is 32.1 Å². The van der Waals surface area contributed by atoms with Gasteiger partial charge in [-0.2, -0.15) is 0 Å². The Morgan fingerprint density at radius 1 is 0.947 bits per heavy atom. The molecule has 0 radical (unpaired) electrons. The zero-order valence-electron chi connectivity index (χ0n) is 11.2. The van der Waals surface area contributed by atoms with Gasteiger partial charge in [0.2, 0.25) is 11.8 Å². The molecule has 2 amide bonds. The van der Waals surface area contributed by atoms with Crippen molar-refractivity contribution in [3.63, 3.8) is 0 Å². The van der Waals surface area contributed by atoms with Crippen LogP contribution in [0.15, 0.2) is 0 Å². The van der Waals surface area contributed by atoms with Crippen LogP contribution in [-0.2, 0) is 9.59 Å². The lowest BCUT2D eigenvalue weighted by atomic mass is 9.85. The Balaban J connectivity index is 0.00000180. The van der Waals surface area contributed by atoms with Gasteiger partial charge in [0.1, 0.15) is 0 Å². The molecule has 0 aromatic heterocycles. The van der Waals surface area contributed by atoms with Crippen molar-refractivity contribution in [1.82, 2.24) is 10.6 Å². The molecule has 2 unspecified atom stereocenters. The number of carbonyl (C=O) groups excluding carboxylic acids is 2. The molecule has 0 bridgehead atoms. The van der Waals surface area contributed by atoms with Gasteiger partial charge in [-0.1, -0.05) is 6.42 Å². The summed E-state index contributed by atoms with van der Waals surface area (Å²) in [7, 11) is 0. The molecule has 5 nitrogen and oxygen atoms in total. The van der Waals surface area contributed by atoms with Gasteiger partial charge >= 0.3 is 0 Å². The molecule has 19 heavy (non-hydrogen) atoms. The van der Waals surface area contributed by atoms with Gasteiger partial charge in [0.05, 0.1) is 0 Å². The number of hydrogen-bond donors (Lipinski definition) is 3. The summed E-state index contributed by atoms with van der Waals surface area (Å²) in [5, 5.41) is 5.71. The highest BCUT2D eigenvalue weighted by Gasteiger charge is 2.29. The van der Waals surface area contributed by atoms with Gasteiger partial charge in [-0.3, -0.25) is 9.59 Å². The number of rotatable bonds is 5. The molecule has 2 aliphatic carbocycles. The number of amides is 2. The lowest BCUT2D eigenvalue weighted by Crippen LogP contribution is -2.41. The summed E-state index contributed by atoms with van der Waals surface area (Å²) in [6.07, 6.45) is 5.82. The van der Waals surface area contributed by atoms with E-state index in [0.717, 1.165) is 38.5 Å². The van der Waals surface area contributed by atoms with Crippen molar-refractivity contribution in [3.05, 3.63) is 0 Å². The third-order valence-corrected chi connectivity index (χ3v) is 3.76. The van der Waals surface area contributed by atoms with Crippen LogP contribution in [0.4, 0.5) is 0 Å². The van der Waals surface area contributed by atoms with Crippen LogP contribution >= 0.6 is 12.4 Å². The molecule has 2 rings (SSSR count). The topological polar surface area (TPSA) is 84.2 Å². The number of nitrogens with two attached hydrogens (primary N) is 1. The normalized spacial score (nSPS) is 26.2. The van der Waals surface area contributed by atoms with Crippen LogP contribution in [0.2, 0.25) is 0 Å². The number of hydrogen-bond acceptors (Lipinski definition) is 3. The molecule has 2 saturated carbocycles. The van der Waals surface area contributed by atoms with Gasteiger partial charge in [0.15, 0.2) is 0 Å². The second-order valence-corrected chi connectivity index (χ2v) is 5.48. The summed E-state index contributed by atoms with van der Waals surface area (Å²) in [5.41, 5.74) is 5.86. The van der Waals surface area contributed by atoms with Gasteiger partial charge in [-0.15, -0.1) is 12.4 Å². The van der Waals surface area contributed by atoms with E-state index in [1.807, 2.05) is 0 Å². The van der Waals surface area contributed by atoms with Crippen molar-refractivity contribution in [2.24, 2.45) is 17.6 Å². The highest BCUT2D eigenvalue weighted by molar-refractivity contribution is 5.85. The number of nitrogens with one attached hydrogen (secondary N) is 2. The molecule has 2 fully saturated rings. The monoisotopic (exact) mass is 289 g/mol. The maximum absolute atomic E-state index is 11.9. The van der Waals surface area contributed by atoms with E-state index in [1.165, 1.54) is 0 Å².